The maximum absolute atomic E-state index is 11.9. The van der Waals surface area contributed by atoms with Gasteiger partial charge < -0.3 is 15.6 Å². The fourth-order valence-electron chi connectivity index (χ4n) is 2.21. The number of carbonyl (C=O) groups excluding carboxylic acids is 1. The molecule has 0 fully saturated rings. The zero-order chi connectivity index (χ0) is 15.2. The number of benzene rings is 1. The molecule has 0 saturated heterocycles. The molecule has 1 heterocycles. The van der Waals surface area contributed by atoms with Crippen molar-refractivity contribution in [3.8, 4) is 0 Å². The molecule has 0 aliphatic rings. The predicted octanol–water partition coefficient (Wildman–Crippen LogP) is 2.04. The minimum atomic E-state index is -0.0643. The van der Waals surface area contributed by atoms with E-state index in [1.165, 1.54) is 0 Å². The van der Waals surface area contributed by atoms with Crippen LogP contribution in [0.1, 0.15) is 35.0 Å². The number of nitrogens with two attached hydrogens (primary N) is 1. The van der Waals surface area contributed by atoms with E-state index in [0.717, 1.165) is 16.8 Å². The van der Waals surface area contributed by atoms with Gasteiger partial charge in [-0.1, -0.05) is 35.5 Å². The molecule has 112 valence electrons. The molecule has 0 aliphatic heterocycles. The van der Waals surface area contributed by atoms with Gasteiger partial charge in [0.15, 0.2) is 0 Å². The molecule has 0 bridgehead atoms. The lowest BCUT2D eigenvalue weighted by atomic mass is 10.0. The average molecular weight is 287 g/mol. The van der Waals surface area contributed by atoms with Gasteiger partial charge in [0.2, 0.25) is 5.91 Å². The van der Waals surface area contributed by atoms with Crippen LogP contribution in [0.25, 0.3) is 0 Å². The SMILES string of the molecule is Cc1noc(C)c1CC(=O)NCCC(N)c1ccccc1. The van der Waals surface area contributed by atoms with Gasteiger partial charge in [-0.15, -0.1) is 0 Å². The highest BCUT2D eigenvalue weighted by Crippen LogP contribution is 2.14. The van der Waals surface area contributed by atoms with Crippen LogP contribution in [0.15, 0.2) is 34.9 Å². The van der Waals surface area contributed by atoms with Crippen LogP contribution in [0, 0.1) is 13.8 Å². The zero-order valence-electron chi connectivity index (χ0n) is 12.4. The van der Waals surface area contributed by atoms with Crippen molar-refractivity contribution in [1.82, 2.24) is 10.5 Å². The van der Waals surface area contributed by atoms with Crippen molar-refractivity contribution < 1.29 is 9.32 Å². The van der Waals surface area contributed by atoms with Crippen LogP contribution in [-0.4, -0.2) is 17.6 Å². The van der Waals surface area contributed by atoms with E-state index >= 15 is 0 Å². The number of hydrogen-bond acceptors (Lipinski definition) is 4. The van der Waals surface area contributed by atoms with Gasteiger partial charge in [0, 0.05) is 18.2 Å². The van der Waals surface area contributed by atoms with E-state index in [4.69, 9.17) is 10.3 Å². The molecule has 5 heteroatoms. The lowest BCUT2D eigenvalue weighted by Crippen LogP contribution is -2.28. The first-order valence-electron chi connectivity index (χ1n) is 7.07. The molecule has 1 amide bonds. The Kier molecular flexibility index (Phi) is 5.11. The molecule has 1 aromatic carbocycles. The highest BCUT2D eigenvalue weighted by molar-refractivity contribution is 5.78. The number of aryl methyl sites for hydroxylation is 2. The Labute approximate surface area is 124 Å². The van der Waals surface area contributed by atoms with Crippen LogP contribution in [-0.2, 0) is 11.2 Å². The number of amides is 1. The van der Waals surface area contributed by atoms with Crippen molar-refractivity contribution in [3.63, 3.8) is 0 Å². The summed E-state index contributed by atoms with van der Waals surface area (Å²) in [5, 5.41) is 6.73. The lowest BCUT2D eigenvalue weighted by molar-refractivity contribution is -0.120. The van der Waals surface area contributed by atoms with E-state index < -0.39 is 0 Å². The van der Waals surface area contributed by atoms with E-state index in [0.29, 0.717) is 25.1 Å². The summed E-state index contributed by atoms with van der Waals surface area (Å²) in [4.78, 5) is 11.9. The molecule has 0 saturated carbocycles. The maximum atomic E-state index is 11.9. The summed E-state index contributed by atoms with van der Waals surface area (Å²) in [6.07, 6.45) is 0.999. The zero-order valence-corrected chi connectivity index (χ0v) is 12.4. The molecule has 2 aromatic rings. The lowest BCUT2D eigenvalue weighted by Gasteiger charge is -2.12. The predicted molar refractivity (Wildman–Crippen MR) is 80.7 cm³/mol. The van der Waals surface area contributed by atoms with Crippen molar-refractivity contribution in [1.29, 1.82) is 0 Å². The van der Waals surface area contributed by atoms with Crippen molar-refractivity contribution in [2.24, 2.45) is 5.73 Å². The quantitative estimate of drug-likeness (QED) is 0.852. The molecule has 2 rings (SSSR count). The molecule has 1 aromatic heterocycles. The summed E-state index contributed by atoms with van der Waals surface area (Å²) < 4.78 is 5.05. The number of rotatable bonds is 6. The number of aromatic nitrogens is 1. The van der Waals surface area contributed by atoms with E-state index in [2.05, 4.69) is 10.5 Å². The van der Waals surface area contributed by atoms with Crippen LogP contribution in [0.5, 0.6) is 0 Å². The van der Waals surface area contributed by atoms with Crippen molar-refractivity contribution in [2.45, 2.75) is 32.7 Å². The van der Waals surface area contributed by atoms with Gasteiger partial charge in [-0.25, -0.2) is 0 Å². The first-order valence-corrected chi connectivity index (χ1v) is 7.07. The standard InChI is InChI=1S/C16H21N3O2/c1-11-14(12(2)21-19-11)10-16(20)18-9-8-15(17)13-6-4-3-5-7-13/h3-7,15H,8-10,17H2,1-2H3,(H,18,20). The maximum Gasteiger partial charge on any atom is 0.224 e. The van der Waals surface area contributed by atoms with Crippen LogP contribution >= 0.6 is 0 Å². The van der Waals surface area contributed by atoms with Crippen molar-refractivity contribution >= 4 is 5.91 Å². The number of hydrogen-bond donors (Lipinski definition) is 2. The summed E-state index contributed by atoms with van der Waals surface area (Å²) in [6, 6.07) is 9.82. The fourth-order valence-corrected chi connectivity index (χ4v) is 2.21. The molecular formula is C16H21N3O2. The van der Waals surface area contributed by atoms with E-state index in [1.807, 2.05) is 44.2 Å². The van der Waals surface area contributed by atoms with Gasteiger partial charge in [0.05, 0.1) is 12.1 Å². The Morgan fingerprint density at radius 2 is 2.05 bits per heavy atom. The highest BCUT2D eigenvalue weighted by atomic mass is 16.5. The molecule has 0 aliphatic carbocycles. The third-order valence-corrected chi connectivity index (χ3v) is 3.52. The average Bonchev–Trinajstić information content (AvgIpc) is 2.80. The number of nitrogens with one attached hydrogen (secondary N) is 1. The molecule has 0 radical (unpaired) electrons. The summed E-state index contributed by atoms with van der Waals surface area (Å²) >= 11 is 0. The summed E-state index contributed by atoms with van der Waals surface area (Å²) in [7, 11) is 0. The second kappa shape index (κ2) is 7.04. The Morgan fingerprint density at radius 3 is 2.67 bits per heavy atom. The van der Waals surface area contributed by atoms with E-state index in [9.17, 15) is 4.79 Å². The van der Waals surface area contributed by atoms with E-state index in [1.54, 1.807) is 0 Å². The Bertz CT molecular complexity index is 573. The normalized spacial score (nSPS) is 12.1. The molecule has 1 atom stereocenters. The molecule has 1 unspecified atom stereocenters. The van der Waals surface area contributed by atoms with Crippen LogP contribution in [0.3, 0.4) is 0 Å². The van der Waals surface area contributed by atoms with Gasteiger partial charge in [0.1, 0.15) is 5.76 Å². The van der Waals surface area contributed by atoms with Crippen molar-refractivity contribution in [2.75, 3.05) is 6.54 Å². The highest BCUT2D eigenvalue weighted by Gasteiger charge is 2.13. The molecule has 5 nitrogen and oxygen atoms in total. The van der Waals surface area contributed by atoms with Gasteiger partial charge in [-0.05, 0) is 25.8 Å². The Balaban J connectivity index is 1.77. The van der Waals surface area contributed by atoms with Gasteiger partial charge >= 0.3 is 0 Å². The second-order valence-corrected chi connectivity index (χ2v) is 5.14. The first-order chi connectivity index (χ1) is 10.1. The third kappa shape index (κ3) is 4.16. The van der Waals surface area contributed by atoms with Gasteiger partial charge in [-0.2, -0.15) is 0 Å². The third-order valence-electron chi connectivity index (χ3n) is 3.52. The minimum Gasteiger partial charge on any atom is -0.361 e. The smallest absolute Gasteiger partial charge is 0.224 e. The second-order valence-electron chi connectivity index (χ2n) is 5.14. The fraction of sp³-hybridized carbons (Fsp3) is 0.375. The molecular weight excluding hydrogens is 266 g/mol. The van der Waals surface area contributed by atoms with Crippen LogP contribution in [0.4, 0.5) is 0 Å². The molecule has 21 heavy (non-hydrogen) atoms. The van der Waals surface area contributed by atoms with Gasteiger partial charge in [0.25, 0.3) is 0 Å². The minimum absolute atomic E-state index is 0.0374. The summed E-state index contributed by atoms with van der Waals surface area (Å²) in [5.41, 5.74) is 8.80. The largest absolute Gasteiger partial charge is 0.361 e. The first kappa shape index (κ1) is 15.3. The Hall–Kier alpha value is -2.14. The molecule has 3 N–H and O–H groups in total. The number of nitrogens with zero attached hydrogens (tertiary/aromatic N) is 1. The molecule has 0 spiro atoms. The van der Waals surface area contributed by atoms with Crippen molar-refractivity contribution in [3.05, 3.63) is 52.9 Å². The van der Waals surface area contributed by atoms with Crippen LogP contribution < -0.4 is 11.1 Å². The monoisotopic (exact) mass is 287 g/mol. The summed E-state index contributed by atoms with van der Waals surface area (Å²) in [5.74, 6) is 0.660. The van der Waals surface area contributed by atoms with E-state index in [-0.39, 0.29) is 11.9 Å². The summed E-state index contributed by atoms with van der Waals surface area (Å²) in [6.45, 7) is 4.20. The van der Waals surface area contributed by atoms with Gasteiger partial charge in [-0.3, -0.25) is 4.79 Å². The number of carbonyl (C=O) groups is 1. The van der Waals surface area contributed by atoms with Crippen LogP contribution in [0.2, 0.25) is 0 Å². The topological polar surface area (TPSA) is 81.2 Å². The Morgan fingerprint density at radius 1 is 1.33 bits per heavy atom.